The molecule has 24 heavy (non-hydrogen) atoms. The molecule has 0 saturated heterocycles. The van der Waals surface area contributed by atoms with Crippen LogP contribution in [0.25, 0.3) is 0 Å². The van der Waals surface area contributed by atoms with Gasteiger partial charge in [0, 0.05) is 35.4 Å². The average Bonchev–Trinajstić information content (AvgIpc) is 3.26. The maximum absolute atomic E-state index is 11.9. The molecule has 126 valence electrons. The summed E-state index contributed by atoms with van der Waals surface area (Å²) in [5.74, 6) is 0.268. The number of non-ortho nitro benzene ring substituents is 1. The molecule has 0 radical (unpaired) electrons. The van der Waals surface area contributed by atoms with Gasteiger partial charge >= 0.3 is 0 Å². The van der Waals surface area contributed by atoms with Gasteiger partial charge < -0.3 is 5.32 Å². The number of benzene rings is 2. The number of hydrogen-bond acceptors (Lipinski definition) is 5. The third-order valence-electron chi connectivity index (χ3n) is 4.00. The predicted octanol–water partition coefficient (Wildman–Crippen LogP) is 3.62. The lowest BCUT2D eigenvalue weighted by Gasteiger charge is -2.11. The van der Waals surface area contributed by atoms with Crippen LogP contribution in [-0.4, -0.2) is 25.6 Å². The summed E-state index contributed by atoms with van der Waals surface area (Å²) in [6.07, 6.45) is 1.91. The average molecular weight is 367 g/mol. The summed E-state index contributed by atoms with van der Waals surface area (Å²) in [6, 6.07) is 11.5. The summed E-state index contributed by atoms with van der Waals surface area (Å²) in [5, 5.41) is 14.7. The van der Waals surface area contributed by atoms with Gasteiger partial charge in [0.05, 0.1) is 15.5 Å². The fourth-order valence-electron chi connectivity index (χ4n) is 2.68. The fraction of sp³-hybridized carbons (Fsp3) is 0.250. The molecule has 2 unspecified atom stereocenters. The van der Waals surface area contributed by atoms with E-state index in [9.17, 15) is 18.5 Å². The zero-order chi connectivity index (χ0) is 17.5. The number of nitrogens with one attached hydrogen (secondary N) is 1. The van der Waals surface area contributed by atoms with Gasteiger partial charge in [-0.2, -0.15) is 0 Å². The van der Waals surface area contributed by atoms with Gasteiger partial charge in [0.1, 0.15) is 0 Å². The molecule has 0 bridgehead atoms. The minimum Gasteiger partial charge on any atom is -0.381 e. The van der Waals surface area contributed by atoms with Crippen LogP contribution < -0.4 is 5.32 Å². The third kappa shape index (κ3) is 3.52. The molecule has 1 aliphatic rings. The van der Waals surface area contributed by atoms with Crippen LogP contribution >= 0.6 is 11.6 Å². The van der Waals surface area contributed by atoms with E-state index in [-0.39, 0.29) is 22.5 Å². The molecule has 2 aromatic rings. The Hall–Kier alpha value is -2.12. The molecule has 1 N–H and O–H groups in total. The van der Waals surface area contributed by atoms with Crippen molar-refractivity contribution in [3.05, 3.63) is 63.2 Å². The van der Waals surface area contributed by atoms with Crippen molar-refractivity contribution in [3.8, 4) is 0 Å². The maximum atomic E-state index is 11.9. The molecule has 0 aromatic heterocycles. The van der Waals surface area contributed by atoms with Gasteiger partial charge in [0.2, 0.25) is 0 Å². The lowest BCUT2D eigenvalue weighted by molar-refractivity contribution is -0.385. The van der Waals surface area contributed by atoms with Crippen LogP contribution in [0.4, 0.5) is 11.4 Å². The molecule has 0 amide bonds. The van der Waals surface area contributed by atoms with Gasteiger partial charge in [0.25, 0.3) is 5.69 Å². The van der Waals surface area contributed by atoms with Crippen LogP contribution in [0, 0.1) is 10.1 Å². The van der Waals surface area contributed by atoms with Crippen molar-refractivity contribution in [2.24, 2.45) is 0 Å². The Morgan fingerprint density at radius 1 is 1.21 bits per heavy atom. The highest BCUT2D eigenvalue weighted by atomic mass is 35.5. The number of anilines is 1. The van der Waals surface area contributed by atoms with Gasteiger partial charge in [-0.05, 0) is 30.2 Å². The van der Waals surface area contributed by atoms with Crippen molar-refractivity contribution in [3.63, 3.8) is 0 Å². The molecular formula is C16H15ClN2O4S. The summed E-state index contributed by atoms with van der Waals surface area (Å²) in [6.45, 7) is 0. The summed E-state index contributed by atoms with van der Waals surface area (Å²) in [4.78, 5) is 10.2. The largest absolute Gasteiger partial charge is 0.381 e. The quantitative estimate of drug-likeness (QED) is 0.644. The predicted molar refractivity (Wildman–Crippen MR) is 92.4 cm³/mol. The second kappa shape index (κ2) is 6.07. The third-order valence-corrected chi connectivity index (χ3v) is 5.39. The van der Waals surface area contributed by atoms with Crippen molar-refractivity contribution in [2.75, 3.05) is 11.6 Å². The van der Waals surface area contributed by atoms with Crippen LogP contribution in [0.5, 0.6) is 0 Å². The highest BCUT2D eigenvalue weighted by molar-refractivity contribution is 7.90. The molecule has 2 aromatic carbocycles. The second-order valence-electron chi connectivity index (χ2n) is 5.85. The first-order chi connectivity index (χ1) is 11.3. The molecule has 1 saturated carbocycles. The van der Waals surface area contributed by atoms with Crippen LogP contribution in [0.2, 0.25) is 5.02 Å². The van der Waals surface area contributed by atoms with E-state index < -0.39 is 14.8 Å². The number of nitrogens with zero attached hydrogens (tertiary/aromatic N) is 1. The molecule has 6 nitrogen and oxygen atoms in total. The second-order valence-corrected chi connectivity index (χ2v) is 8.27. The zero-order valence-electron chi connectivity index (χ0n) is 12.8. The molecule has 8 heteroatoms. The van der Waals surface area contributed by atoms with Gasteiger partial charge in [-0.3, -0.25) is 10.1 Å². The van der Waals surface area contributed by atoms with Gasteiger partial charge in [0.15, 0.2) is 9.84 Å². The Morgan fingerprint density at radius 2 is 1.88 bits per heavy atom. The summed E-state index contributed by atoms with van der Waals surface area (Å²) < 4.78 is 23.9. The first kappa shape index (κ1) is 16.7. The topological polar surface area (TPSA) is 89.3 Å². The molecule has 1 aliphatic carbocycles. The van der Waals surface area contributed by atoms with Gasteiger partial charge in [-0.25, -0.2) is 8.42 Å². The van der Waals surface area contributed by atoms with E-state index in [0.717, 1.165) is 24.3 Å². The Kier molecular flexibility index (Phi) is 4.23. The summed E-state index contributed by atoms with van der Waals surface area (Å²) >= 11 is 5.88. The first-order valence-electron chi connectivity index (χ1n) is 7.26. The number of nitro benzene ring substituents is 1. The Labute approximate surface area is 144 Å². The van der Waals surface area contributed by atoms with Crippen LogP contribution in [-0.2, 0) is 9.84 Å². The van der Waals surface area contributed by atoms with Gasteiger partial charge in [-0.1, -0.05) is 23.7 Å². The number of nitro groups is 1. The highest BCUT2D eigenvalue weighted by Gasteiger charge is 2.39. The zero-order valence-corrected chi connectivity index (χ0v) is 14.3. The monoisotopic (exact) mass is 366 g/mol. The van der Waals surface area contributed by atoms with Crippen molar-refractivity contribution in [1.82, 2.24) is 0 Å². The van der Waals surface area contributed by atoms with Crippen molar-refractivity contribution in [1.29, 1.82) is 0 Å². The van der Waals surface area contributed by atoms with Crippen LogP contribution in [0.1, 0.15) is 17.9 Å². The molecule has 0 aliphatic heterocycles. The number of sulfone groups is 1. The smallest absolute Gasteiger partial charge is 0.270 e. The summed E-state index contributed by atoms with van der Waals surface area (Å²) in [7, 11) is -3.58. The Balaban J connectivity index is 1.83. The van der Waals surface area contributed by atoms with Gasteiger partial charge in [-0.15, -0.1) is 0 Å². The Morgan fingerprint density at radius 3 is 2.46 bits per heavy atom. The van der Waals surface area contributed by atoms with Crippen LogP contribution in [0.15, 0.2) is 47.4 Å². The van der Waals surface area contributed by atoms with E-state index in [4.69, 9.17) is 11.6 Å². The standard InChI is InChI=1S/C16H15ClN2O4S/c1-24(22,23)16-8-12(19(20)21)6-7-14(16)18-15-9-13(15)10-2-4-11(17)5-3-10/h2-8,13,15,18H,9H2,1H3. The fourth-order valence-corrected chi connectivity index (χ4v) is 3.67. The van der Waals surface area contributed by atoms with Crippen LogP contribution in [0.3, 0.4) is 0 Å². The number of rotatable bonds is 5. The number of hydrogen-bond donors (Lipinski definition) is 1. The van der Waals surface area contributed by atoms with E-state index >= 15 is 0 Å². The minimum atomic E-state index is -3.58. The molecule has 0 heterocycles. The molecule has 2 atom stereocenters. The molecule has 0 spiro atoms. The normalized spacial score (nSPS) is 19.8. The van der Waals surface area contributed by atoms with E-state index in [1.54, 1.807) is 0 Å². The minimum absolute atomic E-state index is 0.0570. The van der Waals surface area contributed by atoms with Crippen molar-refractivity contribution < 1.29 is 13.3 Å². The summed E-state index contributed by atoms with van der Waals surface area (Å²) in [5.41, 5.74) is 1.27. The lowest BCUT2D eigenvalue weighted by Crippen LogP contribution is -2.09. The first-order valence-corrected chi connectivity index (χ1v) is 9.53. The SMILES string of the molecule is CS(=O)(=O)c1cc([N+](=O)[O-])ccc1NC1CC1c1ccc(Cl)cc1. The molecule has 3 rings (SSSR count). The van der Waals surface area contributed by atoms with Crippen molar-refractivity contribution in [2.45, 2.75) is 23.3 Å². The highest BCUT2D eigenvalue weighted by Crippen LogP contribution is 2.44. The van der Waals surface area contributed by atoms with E-state index in [0.29, 0.717) is 10.7 Å². The van der Waals surface area contributed by atoms with Crippen molar-refractivity contribution >= 4 is 32.8 Å². The van der Waals surface area contributed by atoms with E-state index in [1.165, 1.54) is 12.1 Å². The van der Waals surface area contributed by atoms with E-state index in [1.807, 2.05) is 24.3 Å². The number of halogens is 1. The molecular weight excluding hydrogens is 352 g/mol. The molecule has 1 fully saturated rings. The maximum Gasteiger partial charge on any atom is 0.270 e. The lowest BCUT2D eigenvalue weighted by atomic mass is 10.1. The van der Waals surface area contributed by atoms with E-state index in [2.05, 4.69) is 5.32 Å². The Bertz CT molecular complexity index is 897.